The average Bonchev–Trinajstić information content (AvgIpc) is 3.39. The Kier molecular flexibility index (Phi) is 5.53. The molecule has 0 saturated carbocycles. The Morgan fingerprint density at radius 1 is 0.467 bits per heavy atom. The Balaban J connectivity index is 1.37. The summed E-state index contributed by atoms with van der Waals surface area (Å²) in [5.74, 6) is 2.43. The van der Waals surface area contributed by atoms with Crippen molar-refractivity contribution in [1.29, 1.82) is 0 Å². The van der Waals surface area contributed by atoms with Gasteiger partial charge in [0.15, 0.2) is 5.82 Å². The van der Waals surface area contributed by atoms with Gasteiger partial charge in [-0.25, -0.2) is 9.97 Å². The first-order valence-electron chi connectivity index (χ1n) is 15.1. The fourth-order valence-electron chi connectivity index (χ4n) is 7.26. The van der Waals surface area contributed by atoms with E-state index in [2.05, 4.69) is 97.1 Å². The lowest BCUT2D eigenvalue weighted by Crippen LogP contribution is -2.32. The number of nitrogens with two attached hydrogens (primary N) is 1. The molecule has 1 aliphatic carbocycles. The van der Waals surface area contributed by atoms with E-state index in [9.17, 15) is 0 Å². The van der Waals surface area contributed by atoms with Crippen LogP contribution in [-0.2, 0) is 5.41 Å². The molecule has 6 aromatic carbocycles. The van der Waals surface area contributed by atoms with Crippen molar-refractivity contribution in [2.24, 2.45) is 0 Å². The quantitative estimate of drug-likeness (QED) is 0.212. The largest absolute Gasteiger partial charge is 0.457 e. The van der Waals surface area contributed by atoms with Gasteiger partial charge < -0.3 is 10.5 Å². The first-order valence-corrected chi connectivity index (χ1v) is 15.1. The van der Waals surface area contributed by atoms with Gasteiger partial charge in [0.25, 0.3) is 0 Å². The van der Waals surface area contributed by atoms with Crippen LogP contribution in [0.4, 0.5) is 5.69 Å². The Labute approximate surface area is 261 Å². The zero-order chi connectivity index (χ0) is 30.0. The molecule has 0 amide bonds. The smallest absolute Gasteiger partial charge is 0.160 e. The molecule has 1 aliphatic heterocycles. The minimum atomic E-state index is -0.542. The summed E-state index contributed by atoms with van der Waals surface area (Å²) in [6.45, 7) is 0. The van der Waals surface area contributed by atoms with Crippen molar-refractivity contribution < 1.29 is 4.74 Å². The van der Waals surface area contributed by atoms with Gasteiger partial charge in [0.05, 0.1) is 16.8 Å². The van der Waals surface area contributed by atoms with E-state index in [4.69, 9.17) is 20.4 Å². The van der Waals surface area contributed by atoms with Crippen LogP contribution in [0.3, 0.4) is 0 Å². The highest BCUT2D eigenvalue weighted by Crippen LogP contribution is 2.63. The average molecular weight is 578 g/mol. The molecule has 1 aromatic heterocycles. The van der Waals surface area contributed by atoms with Gasteiger partial charge in [-0.15, -0.1) is 0 Å². The fraction of sp³-hybridized carbons (Fsp3) is 0.0244. The van der Waals surface area contributed by atoms with Crippen molar-refractivity contribution in [3.8, 4) is 56.5 Å². The van der Waals surface area contributed by atoms with Crippen LogP contribution >= 0.6 is 0 Å². The summed E-state index contributed by atoms with van der Waals surface area (Å²) in [6.07, 6.45) is 0. The SMILES string of the molecule is Nc1cccc(-c2cc(-c3cccc4c3-c3ccccc3C43c4ccccc4Oc4ccccc43)nc(-c3ccccc3)n2)c1. The van der Waals surface area contributed by atoms with E-state index in [1.807, 2.05) is 54.6 Å². The van der Waals surface area contributed by atoms with Gasteiger partial charge in [0.1, 0.15) is 11.5 Å². The molecule has 212 valence electrons. The van der Waals surface area contributed by atoms with Crippen LogP contribution in [0.25, 0.3) is 45.0 Å². The van der Waals surface area contributed by atoms with Crippen LogP contribution in [0.1, 0.15) is 22.3 Å². The summed E-state index contributed by atoms with van der Waals surface area (Å²) < 4.78 is 6.52. The van der Waals surface area contributed by atoms with Crippen LogP contribution in [-0.4, -0.2) is 9.97 Å². The van der Waals surface area contributed by atoms with Crippen molar-refractivity contribution in [2.45, 2.75) is 5.41 Å². The molecule has 2 heterocycles. The first kappa shape index (κ1) is 25.5. The van der Waals surface area contributed by atoms with E-state index in [0.717, 1.165) is 50.7 Å². The molecule has 1 spiro atoms. The highest BCUT2D eigenvalue weighted by Gasteiger charge is 2.51. The van der Waals surface area contributed by atoms with E-state index < -0.39 is 5.41 Å². The first-order chi connectivity index (χ1) is 22.2. The summed E-state index contributed by atoms with van der Waals surface area (Å²) in [5, 5.41) is 0. The molecule has 4 heteroatoms. The maximum absolute atomic E-state index is 6.52. The van der Waals surface area contributed by atoms with Gasteiger partial charge in [0.2, 0.25) is 0 Å². The Bertz CT molecular complexity index is 2230. The summed E-state index contributed by atoms with van der Waals surface area (Å²) in [4.78, 5) is 10.3. The maximum Gasteiger partial charge on any atom is 0.160 e. The molecule has 0 fully saturated rings. The number of para-hydroxylation sites is 2. The molecule has 4 nitrogen and oxygen atoms in total. The number of aromatic nitrogens is 2. The van der Waals surface area contributed by atoms with E-state index in [1.165, 1.54) is 22.3 Å². The highest BCUT2D eigenvalue weighted by molar-refractivity contribution is 5.96. The second kappa shape index (κ2) is 9.76. The lowest BCUT2D eigenvalue weighted by Gasteiger charge is -2.39. The number of anilines is 1. The third-order valence-electron chi connectivity index (χ3n) is 9.09. The van der Waals surface area contributed by atoms with E-state index in [-0.39, 0.29) is 0 Å². The minimum Gasteiger partial charge on any atom is -0.457 e. The Hall–Kier alpha value is -6.00. The lowest BCUT2D eigenvalue weighted by atomic mass is 9.66. The van der Waals surface area contributed by atoms with Gasteiger partial charge in [-0.1, -0.05) is 121 Å². The summed E-state index contributed by atoms with van der Waals surface area (Å²) in [7, 11) is 0. The standard InChI is InChI=1S/C41H27N3O/c42-28-15-10-14-27(24-28)35-25-36(44-40(43-35)26-12-2-1-3-13-26)30-17-11-21-34-39(30)29-16-4-5-18-31(29)41(34)32-19-6-8-22-37(32)45-38-23-9-7-20-33(38)41/h1-25H,42H2. The molecule has 2 aliphatic rings. The van der Waals surface area contributed by atoms with E-state index in [0.29, 0.717) is 11.5 Å². The summed E-state index contributed by atoms with van der Waals surface area (Å²) in [5.41, 5.74) is 18.1. The summed E-state index contributed by atoms with van der Waals surface area (Å²) in [6, 6.07) is 52.4. The van der Waals surface area contributed by atoms with Crippen molar-refractivity contribution >= 4 is 5.69 Å². The Morgan fingerprint density at radius 2 is 1.04 bits per heavy atom. The third kappa shape index (κ3) is 3.72. The molecule has 0 unspecified atom stereocenters. The molecule has 7 aromatic rings. The van der Waals surface area contributed by atoms with Gasteiger partial charge >= 0.3 is 0 Å². The maximum atomic E-state index is 6.52. The van der Waals surface area contributed by atoms with Gasteiger partial charge in [0, 0.05) is 33.5 Å². The number of hydrogen-bond donors (Lipinski definition) is 1. The van der Waals surface area contributed by atoms with Gasteiger partial charge in [-0.3, -0.25) is 0 Å². The second-order valence-electron chi connectivity index (χ2n) is 11.6. The molecule has 0 bridgehead atoms. The van der Waals surface area contributed by atoms with E-state index in [1.54, 1.807) is 0 Å². The summed E-state index contributed by atoms with van der Waals surface area (Å²) >= 11 is 0. The van der Waals surface area contributed by atoms with Crippen molar-refractivity contribution in [1.82, 2.24) is 9.97 Å². The zero-order valence-electron chi connectivity index (χ0n) is 24.3. The van der Waals surface area contributed by atoms with Crippen LogP contribution in [0, 0.1) is 0 Å². The number of rotatable bonds is 3. The number of fused-ring (bicyclic) bond motifs is 9. The van der Waals surface area contributed by atoms with Crippen LogP contribution < -0.4 is 10.5 Å². The highest BCUT2D eigenvalue weighted by atomic mass is 16.5. The molecule has 45 heavy (non-hydrogen) atoms. The topological polar surface area (TPSA) is 61.0 Å². The molecular weight excluding hydrogens is 550 g/mol. The van der Waals surface area contributed by atoms with E-state index >= 15 is 0 Å². The number of ether oxygens (including phenoxy) is 1. The van der Waals surface area contributed by atoms with Crippen LogP contribution in [0.5, 0.6) is 11.5 Å². The predicted molar refractivity (Wildman–Crippen MR) is 180 cm³/mol. The van der Waals surface area contributed by atoms with Gasteiger partial charge in [-0.05, 0) is 52.6 Å². The predicted octanol–water partition coefficient (Wildman–Crippen LogP) is 9.53. The van der Waals surface area contributed by atoms with Gasteiger partial charge in [-0.2, -0.15) is 0 Å². The third-order valence-corrected chi connectivity index (χ3v) is 9.09. The second-order valence-corrected chi connectivity index (χ2v) is 11.6. The zero-order valence-corrected chi connectivity index (χ0v) is 24.3. The molecular formula is C41H27N3O. The monoisotopic (exact) mass is 577 g/mol. The minimum absolute atomic E-state index is 0.542. The van der Waals surface area contributed by atoms with Crippen LogP contribution in [0.2, 0.25) is 0 Å². The molecule has 0 atom stereocenters. The fourth-order valence-corrected chi connectivity index (χ4v) is 7.26. The Morgan fingerprint density at radius 3 is 1.80 bits per heavy atom. The molecule has 2 N–H and O–H groups in total. The number of benzene rings is 6. The van der Waals surface area contributed by atoms with Crippen molar-refractivity contribution in [3.05, 3.63) is 174 Å². The number of hydrogen-bond acceptors (Lipinski definition) is 4. The van der Waals surface area contributed by atoms with Crippen molar-refractivity contribution in [3.63, 3.8) is 0 Å². The van der Waals surface area contributed by atoms with Crippen molar-refractivity contribution in [2.75, 3.05) is 5.73 Å². The van der Waals surface area contributed by atoms with Crippen LogP contribution in [0.15, 0.2) is 152 Å². The molecule has 9 rings (SSSR count). The normalized spacial score (nSPS) is 13.3. The number of nitrogen functional groups attached to an aromatic ring is 1. The lowest BCUT2D eigenvalue weighted by molar-refractivity contribution is 0.436. The molecule has 0 saturated heterocycles. The molecule has 0 radical (unpaired) electrons. The number of nitrogens with zero attached hydrogens (tertiary/aromatic N) is 2.